The molecule has 1 aliphatic heterocycles. The van der Waals surface area contributed by atoms with Gasteiger partial charge in [-0.1, -0.05) is 0 Å². The standard InChI is InChI=1S/C16H27N3O6/c1-9-11(18-14(23)25-16(5,6)7)12(21)19(9)13(22)17-8-10(20)24-15(2,3)4/h9,11H,8H2,1-7H3,(H,17,22)(H,18,23)/t9-,11+/m1/s1. The molecule has 142 valence electrons. The summed E-state index contributed by atoms with van der Waals surface area (Å²) in [5.74, 6) is -1.18. The summed E-state index contributed by atoms with van der Waals surface area (Å²) >= 11 is 0. The fraction of sp³-hybridized carbons (Fsp3) is 0.750. The molecule has 2 N–H and O–H groups in total. The van der Waals surface area contributed by atoms with Gasteiger partial charge in [0, 0.05) is 0 Å². The Morgan fingerprint density at radius 3 is 2.00 bits per heavy atom. The first kappa shape index (κ1) is 20.7. The Bertz CT molecular complexity index is 553. The molecule has 0 unspecified atom stereocenters. The largest absolute Gasteiger partial charge is 0.459 e. The topological polar surface area (TPSA) is 114 Å². The summed E-state index contributed by atoms with van der Waals surface area (Å²) in [5.41, 5.74) is -1.35. The SMILES string of the molecule is C[C@@H]1[C@H](NC(=O)OC(C)(C)C)C(=O)N1C(=O)NCC(=O)OC(C)(C)C. The number of carbonyl (C=O) groups excluding carboxylic acids is 4. The first-order chi connectivity index (χ1) is 11.2. The zero-order chi connectivity index (χ0) is 19.6. The number of hydrogen-bond donors (Lipinski definition) is 2. The Labute approximate surface area is 147 Å². The summed E-state index contributed by atoms with van der Waals surface area (Å²) in [6, 6.07) is -2.12. The van der Waals surface area contributed by atoms with Crippen LogP contribution in [0.2, 0.25) is 0 Å². The van der Waals surface area contributed by atoms with Gasteiger partial charge in [-0.2, -0.15) is 0 Å². The second-order valence-corrected chi connectivity index (χ2v) is 7.82. The first-order valence-corrected chi connectivity index (χ1v) is 8.03. The van der Waals surface area contributed by atoms with Crippen LogP contribution in [0.25, 0.3) is 0 Å². The van der Waals surface area contributed by atoms with E-state index in [-0.39, 0.29) is 6.54 Å². The fourth-order valence-electron chi connectivity index (χ4n) is 2.14. The summed E-state index contributed by atoms with van der Waals surface area (Å²) in [5, 5.41) is 4.76. The Morgan fingerprint density at radius 1 is 1.04 bits per heavy atom. The molecule has 1 aliphatic rings. The lowest BCUT2D eigenvalue weighted by Crippen LogP contribution is -2.72. The monoisotopic (exact) mass is 357 g/mol. The molecule has 0 aromatic heterocycles. The van der Waals surface area contributed by atoms with Gasteiger partial charge in [0.15, 0.2) is 0 Å². The van der Waals surface area contributed by atoms with E-state index in [1.54, 1.807) is 48.5 Å². The van der Waals surface area contributed by atoms with Gasteiger partial charge < -0.3 is 20.1 Å². The number of ether oxygens (including phenoxy) is 2. The molecule has 0 saturated carbocycles. The molecule has 25 heavy (non-hydrogen) atoms. The molecule has 1 saturated heterocycles. The van der Waals surface area contributed by atoms with Gasteiger partial charge in [0.2, 0.25) is 0 Å². The number of rotatable bonds is 3. The van der Waals surface area contributed by atoms with E-state index in [9.17, 15) is 19.2 Å². The van der Waals surface area contributed by atoms with E-state index in [4.69, 9.17) is 9.47 Å². The summed E-state index contributed by atoms with van der Waals surface area (Å²) in [7, 11) is 0. The zero-order valence-corrected chi connectivity index (χ0v) is 15.8. The van der Waals surface area contributed by atoms with E-state index in [1.165, 1.54) is 0 Å². The van der Waals surface area contributed by atoms with Crippen LogP contribution >= 0.6 is 0 Å². The van der Waals surface area contributed by atoms with Crippen LogP contribution < -0.4 is 10.6 Å². The third kappa shape index (κ3) is 6.24. The minimum Gasteiger partial charge on any atom is -0.459 e. The van der Waals surface area contributed by atoms with E-state index in [1.807, 2.05) is 0 Å². The second-order valence-electron chi connectivity index (χ2n) is 7.82. The molecule has 9 heteroatoms. The second kappa shape index (κ2) is 7.28. The van der Waals surface area contributed by atoms with Crippen molar-refractivity contribution in [2.24, 2.45) is 0 Å². The number of carbonyl (C=O) groups is 4. The number of hydrogen-bond acceptors (Lipinski definition) is 6. The van der Waals surface area contributed by atoms with Crippen LogP contribution in [0.15, 0.2) is 0 Å². The molecule has 0 aromatic rings. The highest BCUT2D eigenvalue weighted by Gasteiger charge is 2.49. The van der Waals surface area contributed by atoms with Crippen molar-refractivity contribution in [2.45, 2.75) is 71.8 Å². The average molecular weight is 357 g/mol. The molecule has 1 heterocycles. The molecule has 9 nitrogen and oxygen atoms in total. The summed E-state index contributed by atoms with van der Waals surface area (Å²) in [4.78, 5) is 48.3. The summed E-state index contributed by atoms with van der Waals surface area (Å²) in [6.07, 6.45) is -0.730. The van der Waals surface area contributed by atoms with Crippen molar-refractivity contribution in [1.29, 1.82) is 0 Å². The van der Waals surface area contributed by atoms with Gasteiger partial charge in [0.05, 0.1) is 6.04 Å². The van der Waals surface area contributed by atoms with Gasteiger partial charge in [0.25, 0.3) is 5.91 Å². The van der Waals surface area contributed by atoms with Crippen LogP contribution in [-0.2, 0) is 19.1 Å². The maximum Gasteiger partial charge on any atom is 0.408 e. The van der Waals surface area contributed by atoms with Crippen molar-refractivity contribution in [1.82, 2.24) is 15.5 Å². The van der Waals surface area contributed by atoms with E-state index < -0.39 is 47.3 Å². The number of imide groups is 1. The lowest BCUT2D eigenvalue weighted by Gasteiger charge is -2.43. The number of β-lactam (4-membered cyclic amide) rings is 1. The molecule has 0 spiro atoms. The molecule has 0 radical (unpaired) electrons. The van der Waals surface area contributed by atoms with Crippen molar-refractivity contribution in [2.75, 3.05) is 6.54 Å². The Kier molecular flexibility index (Phi) is 6.04. The smallest absolute Gasteiger partial charge is 0.408 e. The van der Waals surface area contributed by atoms with E-state index in [0.717, 1.165) is 4.90 Å². The van der Waals surface area contributed by atoms with Gasteiger partial charge in [-0.15, -0.1) is 0 Å². The molecule has 0 aromatic carbocycles. The quantitative estimate of drug-likeness (QED) is 0.579. The van der Waals surface area contributed by atoms with Gasteiger partial charge in [-0.25, -0.2) is 9.59 Å². The molecular weight excluding hydrogens is 330 g/mol. The Balaban J connectivity index is 2.49. The number of nitrogens with one attached hydrogen (secondary N) is 2. The van der Waals surface area contributed by atoms with Crippen LogP contribution in [0.3, 0.4) is 0 Å². The molecule has 1 rings (SSSR count). The van der Waals surface area contributed by atoms with Crippen molar-refractivity contribution < 1.29 is 28.7 Å². The summed E-state index contributed by atoms with van der Waals surface area (Å²) < 4.78 is 10.1. The number of urea groups is 1. The van der Waals surface area contributed by atoms with Crippen molar-refractivity contribution in [3.63, 3.8) is 0 Å². The lowest BCUT2D eigenvalue weighted by molar-refractivity contribution is -0.154. The van der Waals surface area contributed by atoms with Gasteiger partial charge in [-0.05, 0) is 48.5 Å². The minimum absolute atomic E-state index is 0.350. The van der Waals surface area contributed by atoms with Gasteiger partial charge in [-0.3, -0.25) is 14.5 Å². The molecule has 4 amide bonds. The fourth-order valence-corrected chi connectivity index (χ4v) is 2.14. The van der Waals surface area contributed by atoms with Crippen molar-refractivity contribution in [3.05, 3.63) is 0 Å². The van der Waals surface area contributed by atoms with Crippen molar-refractivity contribution in [3.8, 4) is 0 Å². The molecular formula is C16H27N3O6. The van der Waals surface area contributed by atoms with Crippen LogP contribution in [0, 0.1) is 0 Å². The number of nitrogens with zero attached hydrogens (tertiary/aromatic N) is 1. The number of likely N-dealkylation sites (tertiary alicyclic amines) is 1. The number of esters is 1. The number of alkyl carbamates (subject to hydrolysis) is 1. The van der Waals surface area contributed by atoms with Gasteiger partial charge >= 0.3 is 18.1 Å². The highest BCUT2D eigenvalue weighted by molar-refractivity contribution is 6.04. The Hall–Kier alpha value is -2.32. The average Bonchev–Trinajstić information content (AvgIpc) is 2.39. The Morgan fingerprint density at radius 2 is 1.56 bits per heavy atom. The predicted molar refractivity (Wildman–Crippen MR) is 88.7 cm³/mol. The van der Waals surface area contributed by atoms with Gasteiger partial charge in [0.1, 0.15) is 23.8 Å². The maximum atomic E-state index is 12.1. The van der Waals surface area contributed by atoms with E-state index in [0.29, 0.717) is 0 Å². The zero-order valence-electron chi connectivity index (χ0n) is 15.8. The normalized spacial score (nSPS) is 20.4. The van der Waals surface area contributed by atoms with Crippen LogP contribution in [0.5, 0.6) is 0 Å². The molecule has 1 fully saturated rings. The third-order valence-electron chi connectivity index (χ3n) is 3.09. The van der Waals surface area contributed by atoms with E-state index in [2.05, 4.69) is 10.6 Å². The maximum absolute atomic E-state index is 12.1. The highest BCUT2D eigenvalue weighted by Crippen LogP contribution is 2.20. The van der Waals surface area contributed by atoms with E-state index >= 15 is 0 Å². The minimum atomic E-state index is -0.845. The van der Waals surface area contributed by atoms with Crippen molar-refractivity contribution >= 4 is 24.0 Å². The lowest BCUT2D eigenvalue weighted by atomic mass is 9.97. The number of amides is 4. The van der Waals surface area contributed by atoms with Crippen LogP contribution in [0.4, 0.5) is 9.59 Å². The summed E-state index contributed by atoms with van der Waals surface area (Å²) in [6.45, 7) is 11.5. The third-order valence-corrected chi connectivity index (χ3v) is 3.09. The molecule has 0 aliphatic carbocycles. The predicted octanol–water partition coefficient (Wildman–Crippen LogP) is 1.16. The van der Waals surface area contributed by atoms with Crippen LogP contribution in [-0.4, -0.2) is 58.7 Å². The first-order valence-electron chi connectivity index (χ1n) is 8.03. The molecule has 0 bridgehead atoms. The highest BCUT2D eigenvalue weighted by atomic mass is 16.6. The van der Waals surface area contributed by atoms with Crippen LogP contribution in [0.1, 0.15) is 48.5 Å². The molecule has 2 atom stereocenters.